The molecule has 1 saturated carbocycles. The van der Waals surface area contributed by atoms with Crippen molar-refractivity contribution in [2.75, 3.05) is 0 Å². The lowest BCUT2D eigenvalue weighted by atomic mass is 9.75. The highest BCUT2D eigenvalue weighted by Crippen LogP contribution is 2.59. The van der Waals surface area contributed by atoms with Crippen LogP contribution in [0.15, 0.2) is 12.2 Å². The lowest BCUT2D eigenvalue weighted by Crippen LogP contribution is -2.67. The number of ether oxygens (including phenoxy) is 4. The van der Waals surface area contributed by atoms with Crippen molar-refractivity contribution < 1.29 is 98.0 Å². The maximum atomic E-state index is 14.2. The highest BCUT2D eigenvalue weighted by atomic mass is 19.4. The number of halogens is 18. The molecule has 214 valence electrons. The minimum absolute atomic E-state index is 0.356. The number of rotatable bonds is 11. The first-order chi connectivity index (χ1) is 15.5. The van der Waals surface area contributed by atoms with E-state index in [1.54, 1.807) is 4.74 Å². The summed E-state index contributed by atoms with van der Waals surface area (Å²) in [6, 6.07) is 0. The van der Waals surface area contributed by atoms with E-state index in [1.807, 2.05) is 0 Å². The molecule has 0 aromatic carbocycles. The van der Waals surface area contributed by atoms with Crippen LogP contribution in [0.4, 0.5) is 79.0 Å². The Balaban J connectivity index is 3.20. The third kappa shape index (κ3) is 6.06. The molecule has 1 aliphatic carbocycles. The zero-order chi connectivity index (χ0) is 29.0. The molecule has 0 saturated heterocycles. The molecule has 0 aromatic rings. The topological polar surface area (TPSA) is 36.9 Å². The van der Waals surface area contributed by atoms with Crippen molar-refractivity contribution in [2.45, 2.75) is 68.1 Å². The van der Waals surface area contributed by atoms with Crippen molar-refractivity contribution in [1.82, 2.24) is 0 Å². The van der Waals surface area contributed by atoms with Gasteiger partial charge in [0.25, 0.3) is 5.85 Å². The molecule has 0 aromatic heterocycles. The summed E-state index contributed by atoms with van der Waals surface area (Å²) < 4.78 is 241. The van der Waals surface area contributed by atoms with Gasteiger partial charge in [-0.1, -0.05) is 12.2 Å². The van der Waals surface area contributed by atoms with Gasteiger partial charge >= 0.3 is 48.9 Å². The summed E-state index contributed by atoms with van der Waals surface area (Å²) in [5.41, 5.74) is 0. The third-order valence-electron chi connectivity index (χ3n) is 3.93. The van der Waals surface area contributed by atoms with E-state index in [0.717, 1.165) is 13.0 Å². The molecule has 0 aliphatic heterocycles. The van der Waals surface area contributed by atoms with Gasteiger partial charge in [-0.3, -0.25) is 4.74 Å². The molecule has 0 spiro atoms. The molecule has 1 aliphatic rings. The number of hydrogen-bond acceptors (Lipinski definition) is 4. The van der Waals surface area contributed by atoms with Gasteiger partial charge in [-0.2, -0.15) is 52.7 Å². The van der Waals surface area contributed by atoms with E-state index in [1.165, 1.54) is 9.47 Å². The summed E-state index contributed by atoms with van der Waals surface area (Å²) >= 11 is 0. The van der Waals surface area contributed by atoms with Crippen molar-refractivity contribution in [3.8, 4) is 0 Å². The molecule has 0 unspecified atom stereocenters. The molecule has 0 heterocycles. The second-order valence-corrected chi connectivity index (χ2v) is 6.64. The van der Waals surface area contributed by atoms with Gasteiger partial charge in [0.05, 0.1) is 0 Å². The summed E-state index contributed by atoms with van der Waals surface area (Å²) in [7, 11) is 0. The first-order valence-corrected chi connectivity index (χ1v) is 8.33. The van der Waals surface area contributed by atoms with Crippen LogP contribution in [0.3, 0.4) is 0 Å². The van der Waals surface area contributed by atoms with Crippen LogP contribution in [0.25, 0.3) is 0 Å². The van der Waals surface area contributed by atoms with Gasteiger partial charge in [0, 0.05) is 12.3 Å². The summed E-state index contributed by atoms with van der Waals surface area (Å²) in [6.07, 6.45) is -51.6. The van der Waals surface area contributed by atoms with E-state index in [4.69, 9.17) is 0 Å². The van der Waals surface area contributed by atoms with Gasteiger partial charge in [-0.15, -0.1) is 13.2 Å². The molecule has 2 atom stereocenters. The average Bonchev–Trinajstić information content (AvgIpc) is 2.56. The van der Waals surface area contributed by atoms with Crippen LogP contribution in [0.2, 0.25) is 0 Å². The van der Waals surface area contributed by atoms with E-state index in [-0.39, 0.29) is 0 Å². The van der Waals surface area contributed by atoms with E-state index in [2.05, 4.69) is 4.74 Å². The summed E-state index contributed by atoms with van der Waals surface area (Å²) in [6.45, 7) is 0.981. The van der Waals surface area contributed by atoms with Crippen molar-refractivity contribution in [1.29, 1.82) is 0 Å². The standard InChI is InChI=1S/C14H8F18O4/c1-2-3-5-4-6(15,16)7(5,17)33-8(18,19)9(20,21)34-10(22,23)11(24,25)35-12(26,27)13(28,29)36-14(30,31)32/h2-3,5H,4H2,1H3/b3-2+/t5-,7-/m1/s1. The summed E-state index contributed by atoms with van der Waals surface area (Å²) in [4.78, 5) is 0. The lowest BCUT2D eigenvalue weighted by Gasteiger charge is -2.49. The van der Waals surface area contributed by atoms with Crippen LogP contribution in [0.1, 0.15) is 13.3 Å². The molecular formula is C14H8F18O4. The Morgan fingerprint density at radius 1 is 0.583 bits per heavy atom. The number of alkyl halides is 18. The van der Waals surface area contributed by atoms with E-state index >= 15 is 0 Å². The molecule has 0 amide bonds. The number of hydrogen-bond donors (Lipinski definition) is 0. The zero-order valence-electron chi connectivity index (χ0n) is 16.4. The molecule has 22 heteroatoms. The van der Waals surface area contributed by atoms with E-state index in [9.17, 15) is 79.0 Å². The molecule has 0 N–H and O–H groups in total. The Labute approximate surface area is 185 Å². The molecule has 0 bridgehead atoms. The first kappa shape index (κ1) is 32.3. The van der Waals surface area contributed by atoms with E-state index in [0.29, 0.717) is 6.08 Å². The fourth-order valence-electron chi connectivity index (χ4n) is 2.27. The quantitative estimate of drug-likeness (QED) is 0.194. The Morgan fingerprint density at radius 3 is 1.22 bits per heavy atom. The highest BCUT2D eigenvalue weighted by molar-refractivity contribution is 5.12. The molecular weight excluding hydrogens is 574 g/mol. The van der Waals surface area contributed by atoms with Gasteiger partial charge in [0.1, 0.15) is 0 Å². The van der Waals surface area contributed by atoms with Crippen molar-refractivity contribution >= 4 is 0 Å². The average molecular weight is 582 g/mol. The van der Waals surface area contributed by atoms with E-state index < -0.39 is 67.1 Å². The zero-order valence-corrected chi connectivity index (χ0v) is 16.4. The molecule has 1 rings (SSSR count). The molecule has 36 heavy (non-hydrogen) atoms. The van der Waals surface area contributed by atoms with Crippen LogP contribution in [-0.2, 0) is 18.9 Å². The largest absolute Gasteiger partial charge is 0.527 e. The predicted octanol–water partition coefficient (Wildman–Crippen LogP) is 7.03. The minimum Gasteiger partial charge on any atom is -0.269 e. The van der Waals surface area contributed by atoms with Crippen LogP contribution in [0.5, 0.6) is 0 Å². The SMILES string of the molecule is C/C=C/[C@@H]1CC(F)(F)[C@]1(F)OC(F)(F)C(F)(F)OC(F)(F)C(F)(F)OC(F)(F)C(F)(F)OC(F)(F)F. The second kappa shape index (κ2) is 8.96. The Bertz CT molecular complexity index is 821. The van der Waals surface area contributed by atoms with Crippen LogP contribution in [-0.4, -0.2) is 54.8 Å². The highest BCUT2D eigenvalue weighted by Gasteiger charge is 2.80. The van der Waals surface area contributed by atoms with Crippen LogP contribution < -0.4 is 0 Å². The van der Waals surface area contributed by atoms with Gasteiger partial charge in [0.2, 0.25) is 0 Å². The van der Waals surface area contributed by atoms with Gasteiger partial charge < -0.3 is 0 Å². The van der Waals surface area contributed by atoms with Gasteiger partial charge in [-0.05, 0) is 6.92 Å². The molecule has 1 fully saturated rings. The molecule has 4 nitrogen and oxygen atoms in total. The van der Waals surface area contributed by atoms with Crippen molar-refractivity contribution in [3.63, 3.8) is 0 Å². The minimum atomic E-state index is -7.60. The Morgan fingerprint density at radius 2 is 0.917 bits per heavy atom. The second-order valence-electron chi connectivity index (χ2n) is 6.64. The maximum absolute atomic E-state index is 14.2. The number of allylic oxidation sites excluding steroid dienone is 1. The predicted molar refractivity (Wildman–Crippen MR) is 71.8 cm³/mol. The Hall–Kier alpha value is -1.68. The van der Waals surface area contributed by atoms with Crippen LogP contribution >= 0.6 is 0 Å². The maximum Gasteiger partial charge on any atom is 0.527 e. The van der Waals surface area contributed by atoms with Crippen molar-refractivity contribution in [2.24, 2.45) is 5.92 Å². The first-order valence-electron chi connectivity index (χ1n) is 8.33. The smallest absolute Gasteiger partial charge is 0.269 e. The monoisotopic (exact) mass is 582 g/mol. The lowest BCUT2D eigenvalue weighted by molar-refractivity contribution is -0.583. The van der Waals surface area contributed by atoms with Crippen LogP contribution in [0, 0.1) is 5.92 Å². The normalized spacial score (nSPS) is 24.8. The summed E-state index contributed by atoms with van der Waals surface area (Å²) in [5.74, 6) is -12.5. The fraction of sp³-hybridized carbons (Fsp3) is 0.857. The third-order valence-corrected chi connectivity index (χ3v) is 3.93. The molecule has 0 radical (unpaired) electrons. The summed E-state index contributed by atoms with van der Waals surface area (Å²) in [5, 5.41) is 0. The van der Waals surface area contributed by atoms with Gasteiger partial charge in [0.15, 0.2) is 0 Å². The fourth-order valence-corrected chi connectivity index (χ4v) is 2.27. The van der Waals surface area contributed by atoms with Gasteiger partial charge in [-0.25, -0.2) is 27.4 Å². The van der Waals surface area contributed by atoms with Crippen molar-refractivity contribution in [3.05, 3.63) is 12.2 Å². The Kier molecular flexibility index (Phi) is 8.05.